The van der Waals surface area contributed by atoms with Crippen molar-refractivity contribution in [3.63, 3.8) is 0 Å². The molecule has 1 aromatic carbocycles. The van der Waals surface area contributed by atoms with Gasteiger partial charge in [-0.25, -0.2) is 9.37 Å². The Labute approximate surface area is 123 Å². The van der Waals surface area contributed by atoms with Gasteiger partial charge >= 0.3 is 6.18 Å². The first-order chi connectivity index (χ1) is 9.74. The minimum atomic E-state index is -4.60. The van der Waals surface area contributed by atoms with Crippen LogP contribution in [0.25, 0.3) is 11.4 Å². The van der Waals surface area contributed by atoms with Gasteiger partial charge in [0, 0.05) is 16.8 Å². The van der Waals surface area contributed by atoms with E-state index < -0.39 is 17.6 Å². The Kier molecular flexibility index (Phi) is 4.13. The Morgan fingerprint density at radius 2 is 1.95 bits per heavy atom. The highest BCUT2D eigenvalue weighted by Gasteiger charge is 2.34. The minimum Gasteiger partial charge on any atom is -0.343 e. The molecule has 2 nitrogen and oxygen atoms in total. The van der Waals surface area contributed by atoms with Crippen molar-refractivity contribution in [3.8, 4) is 11.4 Å². The van der Waals surface area contributed by atoms with E-state index in [0.29, 0.717) is 18.2 Å². The van der Waals surface area contributed by atoms with E-state index in [1.807, 2.05) is 6.92 Å². The van der Waals surface area contributed by atoms with Crippen LogP contribution < -0.4 is 0 Å². The van der Waals surface area contributed by atoms with Crippen molar-refractivity contribution in [1.29, 1.82) is 0 Å². The number of benzene rings is 1. The maximum atomic E-state index is 13.3. The first-order valence-corrected chi connectivity index (χ1v) is 6.61. The van der Waals surface area contributed by atoms with Gasteiger partial charge in [0.1, 0.15) is 16.3 Å². The third-order valence-electron chi connectivity index (χ3n) is 3.13. The summed E-state index contributed by atoms with van der Waals surface area (Å²) in [4.78, 5) is 6.76. The smallest absolute Gasteiger partial charge is 0.343 e. The van der Waals surface area contributed by atoms with E-state index in [4.69, 9.17) is 12.2 Å². The quantitative estimate of drug-likeness (QED) is 0.635. The number of aromatic nitrogens is 2. The van der Waals surface area contributed by atoms with E-state index in [0.717, 1.165) is 17.7 Å². The average Bonchev–Trinajstić information content (AvgIpc) is 2.36. The number of rotatable bonds is 2. The fourth-order valence-electron chi connectivity index (χ4n) is 2.11. The van der Waals surface area contributed by atoms with E-state index in [-0.39, 0.29) is 16.0 Å². The summed E-state index contributed by atoms with van der Waals surface area (Å²) in [6, 6.07) is 2.28. The molecule has 2 aromatic rings. The zero-order chi connectivity index (χ0) is 15.8. The van der Waals surface area contributed by atoms with Crippen LogP contribution in [0.5, 0.6) is 0 Å². The van der Waals surface area contributed by atoms with Crippen molar-refractivity contribution >= 4 is 12.2 Å². The van der Waals surface area contributed by atoms with Crippen LogP contribution in [0, 0.1) is 17.4 Å². The molecule has 2 rings (SSSR count). The molecule has 0 unspecified atom stereocenters. The third-order valence-corrected chi connectivity index (χ3v) is 3.46. The minimum absolute atomic E-state index is 0.0819. The lowest BCUT2D eigenvalue weighted by Crippen LogP contribution is -2.09. The number of nitrogens with one attached hydrogen (secondary N) is 1. The first kappa shape index (κ1) is 15.6. The summed E-state index contributed by atoms with van der Waals surface area (Å²) in [5, 5.41) is 0. The summed E-state index contributed by atoms with van der Waals surface area (Å²) in [6.45, 7) is 3.57. The molecule has 112 valence electrons. The number of halogens is 4. The molecule has 1 N–H and O–H groups in total. The molecule has 0 radical (unpaired) electrons. The number of H-pyrrole nitrogens is 1. The highest BCUT2D eigenvalue weighted by atomic mass is 32.1. The van der Waals surface area contributed by atoms with Crippen molar-refractivity contribution in [2.75, 3.05) is 0 Å². The molecule has 0 aliphatic heterocycles. The predicted octanol–water partition coefficient (Wildman–Crippen LogP) is 4.83. The van der Waals surface area contributed by atoms with Crippen LogP contribution in [0.1, 0.15) is 23.7 Å². The van der Waals surface area contributed by atoms with Crippen LogP contribution in [-0.4, -0.2) is 9.97 Å². The van der Waals surface area contributed by atoms with Gasteiger partial charge in [-0.3, -0.25) is 0 Å². The lowest BCUT2D eigenvalue weighted by Gasteiger charge is -2.14. The van der Waals surface area contributed by atoms with Gasteiger partial charge in [-0.2, -0.15) is 13.2 Å². The molecule has 0 saturated heterocycles. The fraction of sp³-hybridized carbons (Fsp3) is 0.286. The number of nitrogens with zero attached hydrogens (tertiary/aromatic N) is 1. The van der Waals surface area contributed by atoms with Crippen molar-refractivity contribution in [3.05, 3.63) is 45.5 Å². The maximum absolute atomic E-state index is 13.3. The van der Waals surface area contributed by atoms with Gasteiger partial charge in [-0.15, -0.1) is 0 Å². The first-order valence-electron chi connectivity index (χ1n) is 6.21. The van der Waals surface area contributed by atoms with Gasteiger partial charge in [0.05, 0.1) is 5.56 Å². The summed E-state index contributed by atoms with van der Waals surface area (Å²) in [7, 11) is 0. The van der Waals surface area contributed by atoms with Crippen LogP contribution in [0.3, 0.4) is 0 Å². The average molecular weight is 316 g/mol. The summed E-state index contributed by atoms with van der Waals surface area (Å²) in [5.41, 5.74) is 0.0913. The summed E-state index contributed by atoms with van der Waals surface area (Å²) >= 11 is 5.09. The van der Waals surface area contributed by atoms with Gasteiger partial charge in [0.25, 0.3) is 0 Å². The lowest BCUT2D eigenvalue weighted by molar-refractivity contribution is -0.137. The number of hydrogen-bond donors (Lipinski definition) is 1. The molecule has 0 bridgehead atoms. The maximum Gasteiger partial charge on any atom is 0.417 e. The van der Waals surface area contributed by atoms with E-state index >= 15 is 0 Å². The normalized spacial score (nSPS) is 11.7. The number of aryl methyl sites for hydroxylation is 1. The molecule has 0 amide bonds. The van der Waals surface area contributed by atoms with Crippen LogP contribution in [0.4, 0.5) is 17.6 Å². The molecule has 0 saturated carbocycles. The summed E-state index contributed by atoms with van der Waals surface area (Å²) in [5.74, 6) is -0.849. The number of alkyl halides is 3. The lowest BCUT2D eigenvalue weighted by atomic mass is 10.1. The zero-order valence-corrected chi connectivity index (χ0v) is 12.1. The largest absolute Gasteiger partial charge is 0.417 e. The Morgan fingerprint density at radius 3 is 2.48 bits per heavy atom. The molecule has 0 fully saturated rings. The molecule has 0 atom stereocenters. The van der Waals surface area contributed by atoms with Gasteiger partial charge < -0.3 is 4.98 Å². The summed E-state index contributed by atoms with van der Waals surface area (Å²) < 4.78 is 52.6. The number of aromatic amines is 1. The van der Waals surface area contributed by atoms with Crippen molar-refractivity contribution in [1.82, 2.24) is 9.97 Å². The molecule has 1 aromatic heterocycles. The molecule has 0 spiro atoms. The van der Waals surface area contributed by atoms with Crippen molar-refractivity contribution in [2.45, 2.75) is 26.4 Å². The van der Waals surface area contributed by atoms with Gasteiger partial charge in [-0.05, 0) is 31.5 Å². The van der Waals surface area contributed by atoms with E-state index in [1.165, 1.54) is 0 Å². The monoisotopic (exact) mass is 316 g/mol. The molecule has 0 aliphatic carbocycles. The molecule has 1 heterocycles. The van der Waals surface area contributed by atoms with Crippen LogP contribution in [0.15, 0.2) is 18.2 Å². The Balaban J connectivity index is 2.73. The zero-order valence-electron chi connectivity index (χ0n) is 11.3. The molecular weight excluding hydrogens is 304 g/mol. The summed E-state index contributed by atoms with van der Waals surface area (Å²) in [6.07, 6.45) is -3.98. The van der Waals surface area contributed by atoms with Gasteiger partial charge in [0.15, 0.2) is 0 Å². The number of hydrogen-bond acceptors (Lipinski definition) is 2. The second-order valence-corrected chi connectivity index (χ2v) is 4.92. The van der Waals surface area contributed by atoms with E-state index in [9.17, 15) is 17.6 Å². The SMILES string of the molecule is CCc1c(C)[nH]c(-c2cc(F)ccc2C(F)(F)F)nc1=S. The van der Waals surface area contributed by atoms with Crippen molar-refractivity contribution in [2.24, 2.45) is 0 Å². The Hall–Kier alpha value is -1.76. The Bertz CT molecular complexity index is 735. The Morgan fingerprint density at radius 1 is 1.29 bits per heavy atom. The topological polar surface area (TPSA) is 28.7 Å². The van der Waals surface area contributed by atoms with Crippen LogP contribution in [-0.2, 0) is 12.6 Å². The molecule has 0 aliphatic rings. The van der Waals surface area contributed by atoms with Crippen LogP contribution >= 0.6 is 12.2 Å². The molecular formula is C14H12F4N2S. The van der Waals surface area contributed by atoms with Crippen molar-refractivity contribution < 1.29 is 17.6 Å². The highest BCUT2D eigenvalue weighted by Crippen LogP contribution is 2.36. The molecule has 21 heavy (non-hydrogen) atoms. The standard InChI is InChI=1S/C14H12F4N2S/c1-3-9-7(2)19-12(20-13(9)21)10-6-8(15)4-5-11(10)14(16,17)18/h4-6H,3H2,1-2H3,(H,19,20,21). The highest BCUT2D eigenvalue weighted by molar-refractivity contribution is 7.71. The third kappa shape index (κ3) is 3.12. The van der Waals surface area contributed by atoms with Crippen LogP contribution in [0.2, 0.25) is 0 Å². The van der Waals surface area contributed by atoms with E-state index in [2.05, 4.69) is 9.97 Å². The van der Waals surface area contributed by atoms with E-state index in [1.54, 1.807) is 6.92 Å². The second-order valence-electron chi connectivity index (χ2n) is 4.54. The fourth-order valence-corrected chi connectivity index (χ4v) is 2.50. The van der Waals surface area contributed by atoms with Gasteiger partial charge in [0.2, 0.25) is 0 Å². The van der Waals surface area contributed by atoms with Gasteiger partial charge in [-0.1, -0.05) is 19.1 Å². The predicted molar refractivity (Wildman–Crippen MR) is 73.9 cm³/mol. The second kappa shape index (κ2) is 5.55. The molecule has 7 heteroatoms.